The van der Waals surface area contributed by atoms with Gasteiger partial charge in [0, 0.05) is 38.2 Å². The van der Waals surface area contributed by atoms with E-state index in [0.29, 0.717) is 38.2 Å². The summed E-state index contributed by atoms with van der Waals surface area (Å²) in [6, 6.07) is 7.46. The van der Waals surface area contributed by atoms with Crippen molar-refractivity contribution in [3.05, 3.63) is 45.8 Å². The summed E-state index contributed by atoms with van der Waals surface area (Å²) in [7, 11) is 3.01. The zero-order valence-corrected chi connectivity index (χ0v) is 15.0. The van der Waals surface area contributed by atoms with Gasteiger partial charge in [-0.05, 0) is 23.6 Å². The second kappa shape index (κ2) is 9.34. The molecule has 1 aromatic carbocycles. The fourth-order valence-corrected chi connectivity index (χ4v) is 2.71. The highest BCUT2D eigenvalue weighted by molar-refractivity contribution is 5.80. The molecule has 0 radical (unpaired) electrons. The minimum atomic E-state index is -0.365. The van der Waals surface area contributed by atoms with Crippen LogP contribution in [0.4, 0.5) is 0 Å². The van der Waals surface area contributed by atoms with E-state index >= 15 is 0 Å². The predicted octanol–water partition coefficient (Wildman–Crippen LogP) is 2.37. The first-order chi connectivity index (χ1) is 12.1. The van der Waals surface area contributed by atoms with Crippen molar-refractivity contribution in [1.82, 2.24) is 4.90 Å². The van der Waals surface area contributed by atoms with E-state index in [1.54, 1.807) is 7.11 Å². The number of ether oxygens (including phenoxy) is 2. The minimum Gasteiger partial charge on any atom is -0.469 e. The van der Waals surface area contributed by atoms with E-state index in [2.05, 4.69) is 11.8 Å². The van der Waals surface area contributed by atoms with Crippen molar-refractivity contribution in [2.45, 2.75) is 26.3 Å². The van der Waals surface area contributed by atoms with Crippen molar-refractivity contribution in [3.63, 3.8) is 0 Å². The Kier molecular flexibility index (Phi) is 7.16. The van der Waals surface area contributed by atoms with Crippen LogP contribution in [0.5, 0.6) is 0 Å². The van der Waals surface area contributed by atoms with Crippen molar-refractivity contribution in [2.75, 3.05) is 33.9 Å². The van der Waals surface area contributed by atoms with Crippen LogP contribution in [0.1, 0.15) is 24.5 Å². The molecule has 0 saturated heterocycles. The Morgan fingerprint density at radius 2 is 2.00 bits per heavy atom. The quantitative estimate of drug-likeness (QED) is 0.512. The Labute approximate surface area is 147 Å². The molecule has 136 valence electrons. The molecular formula is C19H25NO5. The van der Waals surface area contributed by atoms with E-state index in [9.17, 15) is 9.59 Å². The van der Waals surface area contributed by atoms with E-state index in [-0.39, 0.29) is 11.6 Å². The third kappa shape index (κ3) is 5.41. The number of hydrogen-bond acceptors (Lipinski definition) is 6. The summed E-state index contributed by atoms with van der Waals surface area (Å²) in [5, 5.41) is 0.914. The van der Waals surface area contributed by atoms with Crippen LogP contribution in [0.25, 0.3) is 11.0 Å². The smallest absolute Gasteiger partial charge is 0.336 e. The van der Waals surface area contributed by atoms with Gasteiger partial charge in [-0.3, -0.25) is 9.69 Å². The van der Waals surface area contributed by atoms with Gasteiger partial charge in [0.05, 0.1) is 20.1 Å². The van der Waals surface area contributed by atoms with Crippen LogP contribution < -0.4 is 5.63 Å². The molecule has 6 heteroatoms. The first-order valence-electron chi connectivity index (χ1n) is 8.41. The fraction of sp³-hybridized carbons (Fsp3) is 0.474. The lowest BCUT2D eigenvalue weighted by Crippen LogP contribution is -2.30. The van der Waals surface area contributed by atoms with Crippen LogP contribution in [-0.4, -0.2) is 44.8 Å². The van der Waals surface area contributed by atoms with Crippen molar-refractivity contribution < 1.29 is 18.7 Å². The minimum absolute atomic E-state index is 0.257. The normalized spacial score (nSPS) is 11.2. The summed E-state index contributed by atoms with van der Waals surface area (Å²) in [6.07, 6.45) is 1.17. The molecule has 1 heterocycles. The molecule has 6 nitrogen and oxygen atoms in total. The lowest BCUT2D eigenvalue weighted by atomic mass is 10.1. The largest absolute Gasteiger partial charge is 0.469 e. The summed E-state index contributed by atoms with van der Waals surface area (Å²) in [6.45, 7) is 4.32. The average molecular weight is 347 g/mol. The van der Waals surface area contributed by atoms with E-state index in [1.165, 1.54) is 13.2 Å². The molecular weight excluding hydrogens is 322 g/mol. The number of carbonyl (C=O) groups excluding carboxylic acids is 1. The molecule has 0 amide bonds. The molecule has 0 aliphatic carbocycles. The van der Waals surface area contributed by atoms with Crippen molar-refractivity contribution in [2.24, 2.45) is 0 Å². The van der Waals surface area contributed by atoms with Gasteiger partial charge < -0.3 is 13.9 Å². The predicted molar refractivity (Wildman–Crippen MR) is 95.6 cm³/mol. The highest BCUT2D eigenvalue weighted by Gasteiger charge is 2.13. The van der Waals surface area contributed by atoms with Gasteiger partial charge in [0.1, 0.15) is 5.58 Å². The van der Waals surface area contributed by atoms with Crippen LogP contribution >= 0.6 is 0 Å². The first kappa shape index (κ1) is 19.1. The molecule has 0 bridgehead atoms. The standard InChI is InChI=1S/C19H25NO5/c1-4-14-5-6-16-15(12-19(22)25-17(16)11-14)13-20(9-10-23-2)8-7-18(21)24-3/h5-6,11-12H,4,7-10,13H2,1-3H3. The van der Waals surface area contributed by atoms with E-state index in [1.807, 2.05) is 18.2 Å². The lowest BCUT2D eigenvalue weighted by molar-refractivity contribution is -0.141. The number of nitrogens with zero attached hydrogens (tertiary/aromatic N) is 1. The number of hydrogen-bond donors (Lipinski definition) is 0. The highest BCUT2D eigenvalue weighted by atomic mass is 16.5. The molecule has 0 saturated carbocycles. The third-order valence-corrected chi connectivity index (χ3v) is 4.17. The first-order valence-corrected chi connectivity index (χ1v) is 8.41. The molecule has 2 aromatic rings. The summed E-state index contributed by atoms with van der Waals surface area (Å²) < 4.78 is 15.2. The molecule has 0 fully saturated rings. The van der Waals surface area contributed by atoms with Gasteiger partial charge in [0.2, 0.25) is 0 Å². The van der Waals surface area contributed by atoms with Crippen molar-refractivity contribution in [3.8, 4) is 0 Å². The third-order valence-electron chi connectivity index (χ3n) is 4.17. The number of rotatable bonds is 9. The van der Waals surface area contributed by atoms with Gasteiger partial charge in [-0.1, -0.05) is 19.1 Å². The highest BCUT2D eigenvalue weighted by Crippen LogP contribution is 2.20. The van der Waals surface area contributed by atoms with E-state index < -0.39 is 0 Å². The summed E-state index contributed by atoms with van der Waals surface area (Å²) in [4.78, 5) is 25.4. The lowest BCUT2D eigenvalue weighted by Gasteiger charge is -2.22. The van der Waals surface area contributed by atoms with Gasteiger partial charge in [-0.15, -0.1) is 0 Å². The molecule has 0 unspecified atom stereocenters. The number of methoxy groups -OCH3 is 2. The molecule has 0 aliphatic rings. The molecule has 2 rings (SSSR count). The van der Waals surface area contributed by atoms with Gasteiger partial charge in [-0.2, -0.15) is 0 Å². The average Bonchev–Trinajstić information content (AvgIpc) is 2.62. The molecule has 0 atom stereocenters. The topological polar surface area (TPSA) is 69.0 Å². The maximum absolute atomic E-state index is 11.9. The number of benzene rings is 1. The SMILES string of the molecule is CCc1ccc2c(CN(CCOC)CCC(=O)OC)cc(=O)oc2c1. The second-order valence-electron chi connectivity index (χ2n) is 5.87. The zero-order valence-electron chi connectivity index (χ0n) is 15.0. The van der Waals surface area contributed by atoms with E-state index in [4.69, 9.17) is 13.9 Å². The summed E-state index contributed by atoms with van der Waals surface area (Å²) in [5.74, 6) is -0.257. The van der Waals surface area contributed by atoms with Crippen LogP contribution in [0.15, 0.2) is 33.5 Å². The van der Waals surface area contributed by atoms with Crippen molar-refractivity contribution in [1.29, 1.82) is 0 Å². The number of fused-ring (bicyclic) bond motifs is 1. The number of aryl methyl sites for hydroxylation is 1. The molecule has 1 aromatic heterocycles. The second-order valence-corrected chi connectivity index (χ2v) is 5.87. The van der Waals surface area contributed by atoms with Gasteiger partial charge in [0.25, 0.3) is 0 Å². The van der Waals surface area contributed by atoms with Crippen molar-refractivity contribution >= 4 is 16.9 Å². The van der Waals surface area contributed by atoms with Crippen LogP contribution in [0.3, 0.4) is 0 Å². The monoisotopic (exact) mass is 347 g/mol. The Morgan fingerprint density at radius 3 is 2.68 bits per heavy atom. The molecule has 0 spiro atoms. The molecule has 0 N–H and O–H groups in total. The zero-order chi connectivity index (χ0) is 18.2. The van der Waals surface area contributed by atoms with Crippen LogP contribution in [-0.2, 0) is 27.2 Å². The summed E-state index contributed by atoms with van der Waals surface area (Å²) in [5.41, 5.74) is 2.24. The van der Waals surface area contributed by atoms with Crippen LogP contribution in [0.2, 0.25) is 0 Å². The number of esters is 1. The maximum atomic E-state index is 11.9. The van der Waals surface area contributed by atoms with Gasteiger partial charge in [0.15, 0.2) is 0 Å². The maximum Gasteiger partial charge on any atom is 0.336 e. The van der Waals surface area contributed by atoms with E-state index in [0.717, 1.165) is 22.9 Å². The Balaban J connectivity index is 2.27. The van der Waals surface area contributed by atoms with Crippen LogP contribution in [0, 0.1) is 0 Å². The fourth-order valence-electron chi connectivity index (χ4n) is 2.71. The number of carbonyl (C=O) groups is 1. The summed E-state index contributed by atoms with van der Waals surface area (Å²) >= 11 is 0. The Bertz CT molecular complexity index is 768. The molecule has 25 heavy (non-hydrogen) atoms. The Morgan fingerprint density at radius 1 is 1.20 bits per heavy atom. The Hall–Kier alpha value is -2.18. The van der Waals surface area contributed by atoms with Gasteiger partial charge in [-0.25, -0.2) is 4.79 Å². The van der Waals surface area contributed by atoms with Gasteiger partial charge >= 0.3 is 11.6 Å². The molecule has 0 aliphatic heterocycles.